The Morgan fingerprint density at radius 2 is 1.58 bits per heavy atom. The topological polar surface area (TPSA) is 63.5 Å². The fraction of sp³-hybridized carbons (Fsp3) is 0.381. The number of rotatable bonds is 6. The van der Waals surface area contributed by atoms with Crippen molar-refractivity contribution in [3.8, 4) is 0 Å². The summed E-state index contributed by atoms with van der Waals surface area (Å²) in [5.74, 6) is -0.240. The minimum atomic E-state index is -1.10. The van der Waals surface area contributed by atoms with Gasteiger partial charge in [-0.1, -0.05) is 67.8 Å². The lowest BCUT2D eigenvalue weighted by atomic mass is 9.88. The maximum absolute atomic E-state index is 13.3. The van der Waals surface area contributed by atoms with Gasteiger partial charge in [0.1, 0.15) is 0 Å². The molecule has 0 heterocycles. The quantitative estimate of drug-likeness (QED) is 0.438. The smallest absolute Gasteiger partial charge is 0.274 e. The van der Waals surface area contributed by atoms with E-state index in [0.717, 1.165) is 37.7 Å². The summed E-state index contributed by atoms with van der Waals surface area (Å²) in [5.41, 5.74) is 1.45. The molecule has 0 radical (unpaired) electrons. The molecule has 3 rings (SSSR count). The van der Waals surface area contributed by atoms with Gasteiger partial charge >= 0.3 is 0 Å². The second-order valence-corrected chi connectivity index (χ2v) is 6.83. The predicted octanol–water partition coefficient (Wildman–Crippen LogP) is 4.45. The van der Waals surface area contributed by atoms with Crippen LogP contribution < -0.4 is 4.90 Å². The van der Waals surface area contributed by atoms with Crippen LogP contribution in [0.1, 0.15) is 37.7 Å². The summed E-state index contributed by atoms with van der Waals surface area (Å²) < 4.78 is 0. The van der Waals surface area contributed by atoms with E-state index in [1.54, 1.807) is 12.1 Å². The highest BCUT2D eigenvalue weighted by Gasteiger charge is 2.37. The van der Waals surface area contributed by atoms with Crippen LogP contribution in [0.4, 0.5) is 5.69 Å². The van der Waals surface area contributed by atoms with Crippen molar-refractivity contribution in [3.63, 3.8) is 0 Å². The number of carbonyl (C=O) groups excluding carboxylic acids is 1. The van der Waals surface area contributed by atoms with Gasteiger partial charge in [-0.2, -0.15) is 0 Å². The van der Waals surface area contributed by atoms with Crippen LogP contribution in [-0.2, 0) is 11.2 Å². The van der Waals surface area contributed by atoms with Gasteiger partial charge in [0.25, 0.3) is 6.17 Å². The summed E-state index contributed by atoms with van der Waals surface area (Å²) in [4.78, 5) is 26.3. The molecule has 0 bridgehead atoms. The third-order valence-corrected chi connectivity index (χ3v) is 5.03. The molecule has 0 spiro atoms. The summed E-state index contributed by atoms with van der Waals surface area (Å²) in [6.45, 7) is 0. The molecule has 1 fully saturated rings. The molecule has 5 nitrogen and oxygen atoms in total. The Morgan fingerprint density at radius 3 is 2.15 bits per heavy atom. The summed E-state index contributed by atoms with van der Waals surface area (Å²) in [6, 6.07) is 18.4. The average Bonchev–Trinajstić information content (AvgIpc) is 2.69. The van der Waals surface area contributed by atoms with Crippen LogP contribution in [0.2, 0.25) is 0 Å². The Morgan fingerprint density at radius 1 is 1.00 bits per heavy atom. The van der Waals surface area contributed by atoms with Gasteiger partial charge in [-0.3, -0.25) is 14.9 Å². The van der Waals surface area contributed by atoms with Gasteiger partial charge in [-0.25, -0.2) is 4.90 Å². The van der Waals surface area contributed by atoms with Gasteiger partial charge < -0.3 is 0 Å². The van der Waals surface area contributed by atoms with E-state index in [9.17, 15) is 14.9 Å². The molecule has 2 aromatic carbocycles. The van der Waals surface area contributed by atoms with Crippen molar-refractivity contribution >= 4 is 11.6 Å². The highest BCUT2D eigenvalue weighted by atomic mass is 16.6. The van der Waals surface area contributed by atoms with Crippen LogP contribution in [0.25, 0.3) is 0 Å². The molecular weight excluding hydrogens is 328 g/mol. The molecule has 1 saturated carbocycles. The number of hydrogen-bond acceptors (Lipinski definition) is 3. The third-order valence-electron chi connectivity index (χ3n) is 5.03. The number of para-hydroxylation sites is 1. The molecule has 26 heavy (non-hydrogen) atoms. The summed E-state index contributed by atoms with van der Waals surface area (Å²) >= 11 is 0. The van der Waals surface area contributed by atoms with Gasteiger partial charge in [0, 0.05) is 10.8 Å². The van der Waals surface area contributed by atoms with Crippen molar-refractivity contribution in [3.05, 3.63) is 76.3 Å². The Labute approximate surface area is 153 Å². The van der Waals surface area contributed by atoms with E-state index in [4.69, 9.17) is 0 Å². The zero-order chi connectivity index (χ0) is 18.4. The highest BCUT2D eigenvalue weighted by molar-refractivity contribution is 5.95. The molecule has 1 amide bonds. The van der Waals surface area contributed by atoms with Crippen LogP contribution in [-0.4, -0.2) is 17.0 Å². The van der Waals surface area contributed by atoms with E-state index in [2.05, 4.69) is 0 Å². The molecule has 2 aromatic rings. The lowest BCUT2D eigenvalue weighted by Gasteiger charge is -2.31. The van der Waals surface area contributed by atoms with Crippen molar-refractivity contribution in [1.29, 1.82) is 0 Å². The van der Waals surface area contributed by atoms with E-state index in [0.29, 0.717) is 5.69 Å². The monoisotopic (exact) mass is 352 g/mol. The summed E-state index contributed by atoms with van der Waals surface area (Å²) in [6.07, 6.45) is 3.89. The van der Waals surface area contributed by atoms with Crippen molar-refractivity contribution in [1.82, 2.24) is 0 Å². The van der Waals surface area contributed by atoms with Gasteiger partial charge in [-0.05, 0) is 30.5 Å². The van der Waals surface area contributed by atoms with Crippen molar-refractivity contribution in [2.45, 2.75) is 44.7 Å². The normalized spacial score (nSPS) is 16.0. The predicted molar refractivity (Wildman–Crippen MR) is 101 cm³/mol. The molecule has 0 aliphatic heterocycles. The number of hydrogen-bond donors (Lipinski definition) is 0. The number of nitro groups is 1. The fourth-order valence-corrected chi connectivity index (χ4v) is 3.67. The Kier molecular flexibility index (Phi) is 6.00. The van der Waals surface area contributed by atoms with Crippen LogP contribution in [0.15, 0.2) is 60.7 Å². The highest BCUT2D eigenvalue weighted by Crippen LogP contribution is 2.29. The zero-order valence-corrected chi connectivity index (χ0v) is 14.8. The molecule has 0 aromatic heterocycles. The van der Waals surface area contributed by atoms with Crippen LogP contribution in [0.5, 0.6) is 0 Å². The van der Waals surface area contributed by atoms with Crippen molar-refractivity contribution in [2.75, 3.05) is 4.90 Å². The van der Waals surface area contributed by atoms with Gasteiger partial charge in [-0.15, -0.1) is 0 Å². The third kappa shape index (κ3) is 4.28. The SMILES string of the molecule is O=C(C1CCCCC1)N(c1ccccc1)C(Cc1ccccc1)[N+](=O)[O-]. The number of amides is 1. The average molecular weight is 352 g/mol. The molecule has 1 aliphatic carbocycles. The van der Waals surface area contributed by atoms with Crippen LogP contribution in [0.3, 0.4) is 0 Å². The van der Waals surface area contributed by atoms with Crippen LogP contribution >= 0.6 is 0 Å². The Balaban J connectivity index is 1.94. The molecule has 5 heteroatoms. The minimum Gasteiger partial charge on any atom is -0.274 e. The van der Waals surface area contributed by atoms with Crippen molar-refractivity contribution < 1.29 is 9.72 Å². The standard InChI is InChI=1S/C21H24N2O3/c24-21(18-12-6-2-7-13-18)22(19-14-8-3-9-15-19)20(23(25)26)16-17-10-4-1-5-11-17/h1,3-5,8-11,14-15,18,20H,2,6-7,12-13,16H2. The number of carbonyl (C=O) groups is 1. The van der Waals surface area contributed by atoms with Gasteiger partial charge in [0.05, 0.1) is 12.1 Å². The number of anilines is 1. The molecular formula is C21H24N2O3. The molecule has 0 N–H and O–H groups in total. The minimum absolute atomic E-state index is 0.117. The Hall–Kier alpha value is -2.69. The van der Waals surface area contributed by atoms with E-state index >= 15 is 0 Å². The van der Waals surface area contributed by atoms with E-state index in [1.165, 1.54) is 4.90 Å². The maximum atomic E-state index is 13.3. The second kappa shape index (κ2) is 8.61. The molecule has 1 aliphatic rings. The molecule has 1 unspecified atom stereocenters. The van der Waals surface area contributed by atoms with Crippen LogP contribution in [0, 0.1) is 16.0 Å². The molecule has 1 atom stereocenters. The largest absolute Gasteiger partial charge is 0.297 e. The lowest BCUT2D eigenvalue weighted by Crippen LogP contribution is -2.49. The number of nitrogens with zero attached hydrogens (tertiary/aromatic N) is 2. The van der Waals surface area contributed by atoms with Gasteiger partial charge in [0.15, 0.2) is 0 Å². The number of benzene rings is 2. The first-order chi connectivity index (χ1) is 12.7. The molecule has 0 saturated heterocycles. The van der Waals surface area contributed by atoms with E-state index in [-0.39, 0.29) is 23.2 Å². The van der Waals surface area contributed by atoms with Gasteiger partial charge in [0.2, 0.25) is 5.91 Å². The summed E-state index contributed by atoms with van der Waals surface area (Å²) in [7, 11) is 0. The fourth-order valence-electron chi connectivity index (χ4n) is 3.67. The summed E-state index contributed by atoms with van der Waals surface area (Å²) in [5, 5.41) is 11.9. The Bertz CT molecular complexity index is 727. The first kappa shape index (κ1) is 18.1. The second-order valence-electron chi connectivity index (χ2n) is 6.83. The lowest BCUT2D eigenvalue weighted by molar-refractivity contribution is -0.519. The molecule has 136 valence electrons. The maximum Gasteiger partial charge on any atom is 0.297 e. The zero-order valence-electron chi connectivity index (χ0n) is 14.8. The van der Waals surface area contributed by atoms with Crippen molar-refractivity contribution in [2.24, 2.45) is 5.92 Å². The van der Waals surface area contributed by atoms with E-state index in [1.807, 2.05) is 48.5 Å². The first-order valence-corrected chi connectivity index (χ1v) is 9.22. The van der Waals surface area contributed by atoms with E-state index < -0.39 is 6.17 Å². The first-order valence-electron chi connectivity index (χ1n) is 9.22.